The third kappa shape index (κ3) is 4.48. The Balaban J connectivity index is 2.41. The van der Waals surface area contributed by atoms with Crippen LogP contribution >= 0.6 is 11.6 Å². The highest BCUT2D eigenvalue weighted by molar-refractivity contribution is 6.31. The number of unbranched alkanes of at least 4 members (excludes halogenated alkanes) is 1. The van der Waals surface area contributed by atoms with Crippen LogP contribution in [0.4, 0.5) is 0 Å². The van der Waals surface area contributed by atoms with Crippen molar-refractivity contribution in [2.75, 3.05) is 7.11 Å². The first-order valence-electron chi connectivity index (χ1n) is 8.11. The van der Waals surface area contributed by atoms with Gasteiger partial charge in [-0.25, -0.2) is 9.78 Å². The molecule has 0 saturated heterocycles. The number of hydrogen-bond donors (Lipinski definition) is 0. The number of esters is 1. The van der Waals surface area contributed by atoms with Gasteiger partial charge < -0.3 is 9.30 Å². The summed E-state index contributed by atoms with van der Waals surface area (Å²) in [5, 5.41) is 0.730. The van der Waals surface area contributed by atoms with Crippen LogP contribution in [0.1, 0.15) is 43.8 Å². The van der Waals surface area contributed by atoms with Gasteiger partial charge in [0, 0.05) is 17.5 Å². The number of allylic oxidation sites excluding steroid dienone is 1. The monoisotopic (exact) mass is 346 g/mol. The van der Waals surface area contributed by atoms with E-state index < -0.39 is 0 Å². The normalized spacial score (nSPS) is 11.6. The van der Waals surface area contributed by atoms with Crippen molar-refractivity contribution >= 4 is 23.1 Å². The van der Waals surface area contributed by atoms with Crippen LogP contribution in [0.2, 0.25) is 5.02 Å². The second-order valence-corrected chi connectivity index (χ2v) is 6.10. The van der Waals surface area contributed by atoms with Gasteiger partial charge in [0.1, 0.15) is 5.82 Å². The molecule has 0 aliphatic rings. The number of carbonyl (C=O) groups is 1. The summed E-state index contributed by atoms with van der Waals surface area (Å²) >= 11 is 6.31. The van der Waals surface area contributed by atoms with Crippen molar-refractivity contribution in [2.45, 2.75) is 39.7 Å². The Morgan fingerprint density at radius 1 is 1.38 bits per heavy atom. The number of ether oxygens (including phenoxy) is 1. The molecule has 1 aromatic carbocycles. The minimum Gasteiger partial charge on any atom is -0.466 e. The Labute approximate surface area is 148 Å². The van der Waals surface area contributed by atoms with Gasteiger partial charge >= 0.3 is 5.97 Å². The van der Waals surface area contributed by atoms with E-state index in [2.05, 4.69) is 16.5 Å². The number of aryl methyl sites for hydroxylation is 1. The Morgan fingerprint density at radius 2 is 2.12 bits per heavy atom. The number of rotatable bonds is 7. The topological polar surface area (TPSA) is 44.1 Å². The maximum absolute atomic E-state index is 11.5. The van der Waals surface area contributed by atoms with Crippen molar-refractivity contribution in [3.05, 3.63) is 58.6 Å². The summed E-state index contributed by atoms with van der Waals surface area (Å²) in [6, 6.07) is 7.78. The number of benzene rings is 1. The van der Waals surface area contributed by atoms with Gasteiger partial charge in [-0.1, -0.05) is 43.1 Å². The maximum Gasteiger partial charge on any atom is 0.330 e. The van der Waals surface area contributed by atoms with Gasteiger partial charge in [-0.05, 0) is 30.5 Å². The molecule has 0 unspecified atom stereocenters. The lowest BCUT2D eigenvalue weighted by molar-refractivity contribution is -0.134. The number of halogens is 1. The Bertz CT molecular complexity index is 735. The largest absolute Gasteiger partial charge is 0.466 e. The number of aromatic nitrogens is 2. The van der Waals surface area contributed by atoms with Crippen molar-refractivity contribution in [1.29, 1.82) is 0 Å². The second kappa shape index (κ2) is 8.69. The molecular formula is C19H23ClN2O2. The zero-order valence-electron chi connectivity index (χ0n) is 14.4. The average molecular weight is 347 g/mol. The smallest absolute Gasteiger partial charge is 0.330 e. The lowest BCUT2D eigenvalue weighted by Crippen LogP contribution is -2.09. The highest BCUT2D eigenvalue weighted by Gasteiger charge is 2.14. The predicted molar refractivity (Wildman–Crippen MR) is 97.1 cm³/mol. The van der Waals surface area contributed by atoms with Gasteiger partial charge in [0.05, 0.1) is 25.5 Å². The van der Waals surface area contributed by atoms with Gasteiger partial charge in [0.2, 0.25) is 0 Å². The van der Waals surface area contributed by atoms with Crippen LogP contribution in [0.3, 0.4) is 0 Å². The van der Waals surface area contributed by atoms with Crippen molar-refractivity contribution in [2.24, 2.45) is 0 Å². The van der Waals surface area contributed by atoms with Gasteiger partial charge in [0.25, 0.3) is 0 Å². The first kappa shape index (κ1) is 18.3. The number of methoxy groups -OCH3 is 1. The summed E-state index contributed by atoms with van der Waals surface area (Å²) in [4.78, 5) is 16.1. The minimum atomic E-state index is -0.367. The molecule has 0 saturated carbocycles. The Morgan fingerprint density at radius 3 is 2.79 bits per heavy atom. The van der Waals surface area contributed by atoms with Crippen LogP contribution < -0.4 is 0 Å². The third-order valence-corrected chi connectivity index (χ3v) is 4.29. The van der Waals surface area contributed by atoms with E-state index in [9.17, 15) is 4.79 Å². The fraction of sp³-hybridized carbons (Fsp3) is 0.368. The van der Waals surface area contributed by atoms with Gasteiger partial charge in [-0.15, -0.1) is 0 Å². The molecule has 128 valence electrons. The minimum absolute atomic E-state index is 0.367. The molecule has 0 atom stereocenters. The molecule has 0 bridgehead atoms. The summed E-state index contributed by atoms with van der Waals surface area (Å²) in [7, 11) is 1.37. The van der Waals surface area contributed by atoms with Crippen LogP contribution in [-0.2, 0) is 22.5 Å². The van der Waals surface area contributed by atoms with E-state index >= 15 is 0 Å². The van der Waals surface area contributed by atoms with Crippen LogP contribution in [-0.4, -0.2) is 22.6 Å². The van der Waals surface area contributed by atoms with Crippen LogP contribution in [0, 0.1) is 0 Å². The van der Waals surface area contributed by atoms with E-state index in [1.54, 1.807) is 0 Å². The Kier molecular flexibility index (Phi) is 6.62. The lowest BCUT2D eigenvalue weighted by atomic mass is 10.1. The van der Waals surface area contributed by atoms with Crippen molar-refractivity contribution < 1.29 is 9.53 Å². The quantitative estimate of drug-likeness (QED) is 0.547. The molecule has 2 rings (SSSR count). The molecule has 1 aromatic heterocycles. The predicted octanol–water partition coefficient (Wildman–Crippen LogP) is 4.50. The second-order valence-electron chi connectivity index (χ2n) is 5.69. The summed E-state index contributed by atoms with van der Waals surface area (Å²) in [6.45, 7) is 4.67. The zero-order valence-corrected chi connectivity index (χ0v) is 15.1. The average Bonchev–Trinajstić information content (AvgIpc) is 2.97. The molecule has 24 heavy (non-hydrogen) atoms. The van der Waals surface area contributed by atoms with Crippen LogP contribution in [0.15, 0.2) is 36.5 Å². The summed E-state index contributed by atoms with van der Waals surface area (Å²) in [5.74, 6) is 0.637. The molecule has 1 heterocycles. The first-order valence-corrected chi connectivity index (χ1v) is 8.49. The molecular weight excluding hydrogens is 324 g/mol. The molecule has 4 nitrogen and oxygen atoms in total. The van der Waals surface area contributed by atoms with E-state index in [0.717, 1.165) is 46.9 Å². The fourth-order valence-corrected chi connectivity index (χ4v) is 2.74. The molecule has 0 aliphatic carbocycles. The van der Waals surface area contributed by atoms with E-state index in [-0.39, 0.29) is 5.97 Å². The van der Waals surface area contributed by atoms with Crippen molar-refractivity contribution in [3.8, 4) is 0 Å². The molecule has 0 fully saturated rings. The van der Waals surface area contributed by atoms with Crippen LogP contribution in [0.5, 0.6) is 0 Å². The van der Waals surface area contributed by atoms with E-state index in [1.807, 2.05) is 37.4 Å². The number of nitrogens with zero attached hydrogens (tertiary/aromatic N) is 2. The zero-order chi connectivity index (χ0) is 17.5. The summed E-state index contributed by atoms with van der Waals surface area (Å²) in [6.07, 6.45) is 6.37. The standard InChI is InChI=1S/C19H23ClN2O2/c1-4-5-10-18-21-12-17(14(2)11-19(23)24-3)22(18)13-15-8-6-7-9-16(15)20/h6-9,11-12H,4-5,10,13H2,1-3H3/b14-11+. The number of imidazole rings is 1. The van der Waals surface area contributed by atoms with Gasteiger partial charge in [0.15, 0.2) is 0 Å². The fourth-order valence-electron chi connectivity index (χ4n) is 2.55. The molecule has 0 spiro atoms. The summed E-state index contributed by atoms with van der Waals surface area (Å²) < 4.78 is 6.86. The highest BCUT2D eigenvalue weighted by atomic mass is 35.5. The molecule has 5 heteroatoms. The lowest BCUT2D eigenvalue weighted by Gasteiger charge is -2.13. The van der Waals surface area contributed by atoms with Crippen molar-refractivity contribution in [3.63, 3.8) is 0 Å². The van der Waals surface area contributed by atoms with E-state index in [0.29, 0.717) is 6.54 Å². The molecule has 0 amide bonds. The number of hydrogen-bond acceptors (Lipinski definition) is 3. The molecule has 0 aliphatic heterocycles. The molecule has 2 aromatic rings. The first-order chi connectivity index (χ1) is 11.6. The number of carbonyl (C=O) groups excluding carboxylic acids is 1. The van der Waals surface area contributed by atoms with E-state index in [1.165, 1.54) is 13.2 Å². The van der Waals surface area contributed by atoms with Gasteiger partial charge in [-0.3, -0.25) is 0 Å². The van der Waals surface area contributed by atoms with E-state index in [4.69, 9.17) is 16.3 Å². The Hall–Kier alpha value is -2.07. The SMILES string of the molecule is CCCCc1ncc(/C(C)=C/C(=O)OC)n1Cc1ccccc1Cl. The third-order valence-electron chi connectivity index (χ3n) is 3.92. The molecule has 0 N–H and O–H groups in total. The van der Waals surface area contributed by atoms with Crippen LogP contribution in [0.25, 0.3) is 5.57 Å². The highest BCUT2D eigenvalue weighted by Crippen LogP contribution is 2.22. The summed E-state index contributed by atoms with van der Waals surface area (Å²) in [5.41, 5.74) is 2.76. The maximum atomic E-state index is 11.5. The van der Waals surface area contributed by atoms with Crippen molar-refractivity contribution in [1.82, 2.24) is 9.55 Å². The molecule has 0 radical (unpaired) electrons. The van der Waals surface area contributed by atoms with Gasteiger partial charge in [-0.2, -0.15) is 0 Å².